The summed E-state index contributed by atoms with van der Waals surface area (Å²) in [5.41, 5.74) is 0.262. The number of ether oxygens (including phenoxy) is 1. The number of hydrogen-bond donors (Lipinski definition) is 0. The molecule has 2 aromatic rings. The van der Waals surface area contributed by atoms with Crippen molar-refractivity contribution in [3.05, 3.63) is 52.0 Å². The molecule has 0 radical (unpaired) electrons. The van der Waals surface area contributed by atoms with Crippen LogP contribution in [-0.4, -0.2) is 23.0 Å². The Bertz CT molecular complexity index is 723. The Morgan fingerprint density at radius 3 is 2.71 bits per heavy atom. The Balaban J connectivity index is 1.80. The van der Waals surface area contributed by atoms with E-state index in [4.69, 9.17) is 4.74 Å². The molecule has 1 amide bonds. The molecule has 1 aliphatic rings. The molecular formula is C19H22FNO2S. The van der Waals surface area contributed by atoms with Crippen molar-refractivity contribution in [3.8, 4) is 5.75 Å². The standard InChI is InChI=1S/C19H22FNO2S/c1-4-16-15-10-12-24-17(15)9-11-21(16)18(22)19(2,3)23-14-7-5-13(20)6-8-14/h5-8,10,12,16H,4,9,11H2,1-3H3. The van der Waals surface area contributed by atoms with Crippen molar-refractivity contribution in [1.82, 2.24) is 4.90 Å². The zero-order valence-corrected chi connectivity index (χ0v) is 15.0. The van der Waals surface area contributed by atoms with Gasteiger partial charge in [0.25, 0.3) is 5.91 Å². The second kappa shape index (κ2) is 6.55. The first-order valence-corrected chi connectivity index (χ1v) is 9.12. The van der Waals surface area contributed by atoms with E-state index in [2.05, 4.69) is 18.4 Å². The molecule has 1 aromatic carbocycles. The lowest BCUT2D eigenvalue weighted by Gasteiger charge is -2.40. The fraction of sp³-hybridized carbons (Fsp3) is 0.421. The average molecular weight is 347 g/mol. The number of thiophene rings is 1. The molecular weight excluding hydrogens is 325 g/mol. The Kier molecular flexibility index (Phi) is 4.63. The van der Waals surface area contributed by atoms with Gasteiger partial charge >= 0.3 is 0 Å². The lowest BCUT2D eigenvalue weighted by atomic mass is 9.95. The minimum absolute atomic E-state index is 0.0319. The smallest absolute Gasteiger partial charge is 0.266 e. The number of rotatable bonds is 4. The highest BCUT2D eigenvalue weighted by Gasteiger charge is 2.39. The molecule has 2 heterocycles. The van der Waals surface area contributed by atoms with Gasteiger partial charge in [0.05, 0.1) is 6.04 Å². The quantitative estimate of drug-likeness (QED) is 0.810. The molecule has 0 fully saturated rings. The zero-order valence-electron chi connectivity index (χ0n) is 14.2. The second-order valence-electron chi connectivity index (χ2n) is 6.54. The zero-order chi connectivity index (χ0) is 17.3. The lowest BCUT2D eigenvalue weighted by molar-refractivity contribution is -0.148. The molecule has 1 atom stereocenters. The molecule has 1 aliphatic heterocycles. The minimum Gasteiger partial charge on any atom is -0.478 e. The van der Waals surface area contributed by atoms with E-state index in [1.54, 1.807) is 37.3 Å². The summed E-state index contributed by atoms with van der Waals surface area (Å²) in [6.07, 6.45) is 1.77. The van der Waals surface area contributed by atoms with Gasteiger partial charge in [0.15, 0.2) is 5.60 Å². The fourth-order valence-electron chi connectivity index (χ4n) is 3.27. The largest absolute Gasteiger partial charge is 0.478 e. The van der Waals surface area contributed by atoms with Gasteiger partial charge in [0.1, 0.15) is 11.6 Å². The number of nitrogens with zero attached hydrogens (tertiary/aromatic N) is 1. The van der Waals surface area contributed by atoms with Gasteiger partial charge in [-0.25, -0.2) is 4.39 Å². The van der Waals surface area contributed by atoms with Gasteiger partial charge in [-0.05, 0) is 68.0 Å². The molecule has 128 valence electrons. The Morgan fingerprint density at radius 2 is 2.04 bits per heavy atom. The first-order valence-electron chi connectivity index (χ1n) is 8.24. The molecule has 0 saturated heterocycles. The first-order chi connectivity index (χ1) is 11.4. The van der Waals surface area contributed by atoms with Crippen molar-refractivity contribution >= 4 is 17.2 Å². The number of benzene rings is 1. The normalized spacial score (nSPS) is 17.5. The van der Waals surface area contributed by atoms with Gasteiger partial charge in [0, 0.05) is 11.4 Å². The summed E-state index contributed by atoms with van der Waals surface area (Å²) in [5, 5.41) is 2.10. The third kappa shape index (κ3) is 3.18. The van der Waals surface area contributed by atoms with Crippen LogP contribution in [0.5, 0.6) is 5.75 Å². The number of fused-ring (bicyclic) bond motifs is 1. The van der Waals surface area contributed by atoms with E-state index in [0.29, 0.717) is 12.3 Å². The minimum atomic E-state index is -1.00. The summed E-state index contributed by atoms with van der Waals surface area (Å²) >= 11 is 1.76. The maximum atomic E-state index is 13.1. The van der Waals surface area contributed by atoms with Crippen LogP contribution in [0.4, 0.5) is 4.39 Å². The Hall–Kier alpha value is -1.88. The van der Waals surface area contributed by atoms with E-state index in [9.17, 15) is 9.18 Å². The third-order valence-electron chi connectivity index (χ3n) is 4.44. The van der Waals surface area contributed by atoms with Crippen molar-refractivity contribution < 1.29 is 13.9 Å². The van der Waals surface area contributed by atoms with Crippen molar-refractivity contribution in [2.24, 2.45) is 0 Å². The Labute approximate surface area is 146 Å². The van der Waals surface area contributed by atoms with E-state index in [0.717, 1.165) is 12.8 Å². The molecule has 5 heteroatoms. The van der Waals surface area contributed by atoms with E-state index >= 15 is 0 Å². The van der Waals surface area contributed by atoms with Crippen LogP contribution in [0.3, 0.4) is 0 Å². The number of carbonyl (C=O) groups is 1. The number of amides is 1. The monoisotopic (exact) mass is 347 g/mol. The van der Waals surface area contributed by atoms with Crippen LogP contribution in [0.15, 0.2) is 35.7 Å². The van der Waals surface area contributed by atoms with Gasteiger partial charge in [-0.3, -0.25) is 4.79 Å². The summed E-state index contributed by atoms with van der Waals surface area (Å²) in [5.74, 6) is 0.144. The molecule has 24 heavy (non-hydrogen) atoms. The highest BCUT2D eigenvalue weighted by atomic mass is 32.1. The van der Waals surface area contributed by atoms with Crippen LogP contribution in [0.2, 0.25) is 0 Å². The van der Waals surface area contributed by atoms with Gasteiger partial charge in [-0.15, -0.1) is 11.3 Å². The van der Waals surface area contributed by atoms with E-state index in [1.165, 1.54) is 22.6 Å². The molecule has 1 unspecified atom stereocenters. The molecule has 1 aromatic heterocycles. The van der Waals surface area contributed by atoms with Crippen LogP contribution in [0.25, 0.3) is 0 Å². The number of hydrogen-bond acceptors (Lipinski definition) is 3. The maximum Gasteiger partial charge on any atom is 0.266 e. The summed E-state index contributed by atoms with van der Waals surface area (Å²) in [6.45, 7) is 6.36. The summed E-state index contributed by atoms with van der Waals surface area (Å²) in [4.78, 5) is 16.4. The molecule has 0 aliphatic carbocycles. The summed E-state index contributed by atoms with van der Waals surface area (Å²) in [7, 11) is 0. The van der Waals surface area contributed by atoms with Crippen LogP contribution in [0.1, 0.15) is 43.7 Å². The van der Waals surface area contributed by atoms with Gasteiger partial charge in [0.2, 0.25) is 0 Å². The van der Waals surface area contributed by atoms with E-state index < -0.39 is 5.60 Å². The van der Waals surface area contributed by atoms with Gasteiger partial charge in [-0.1, -0.05) is 6.92 Å². The topological polar surface area (TPSA) is 29.5 Å². The van der Waals surface area contributed by atoms with Crippen molar-refractivity contribution in [3.63, 3.8) is 0 Å². The molecule has 0 spiro atoms. The predicted octanol–water partition coefficient (Wildman–Crippen LogP) is 4.58. The summed E-state index contributed by atoms with van der Waals surface area (Å²) < 4.78 is 18.9. The number of carbonyl (C=O) groups excluding carboxylic acids is 1. The van der Waals surface area contributed by atoms with Crippen molar-refractivity contribution in [2.75, 3.05) is 6.54 Å². The fourth-order valence-corrected chi connectivity index (χ4v) is 4.19. The Morgan fingerprint density at radius 1 is 1.33 bits per heavy atom. The van der Waals surface area contributed by atoms with Gasteiger partial charge in [-0.2, -0.15) is 0 Å². The molecule has 0 bridgehead atoms. The molecule has 0 N–H and O–H groups in total. The van der Waals surface area contributed by atoms with E-state index in [-0.39, 0.29) is 17.8 Å². The molecule has 0 saturated carbocycles. The van der Waals surface area contributed by atoms with Crippen LogP contribution in [0, 0.1) is 5.82 Å². The van der Waals surface area contributed by atoms with Crippen LogP contribution in [-0.2, 0) is 11.2 Å². The van der Waals surface area contributed by atoms with E-state index in [1.807, 2.05) is 4.90 Å². The van der Waals surface area contributed by atoms with Crippen molar-refractivity contribution in [1.29, 1.82) is 0 Å². The summed E-state index contributed by atoms with van der Waals surface area (Å²) in [6, 6.07) is 8.00. The molecule has 3 nitrogen and oxygen atoms in total. The average Bonchev–Trinajstić information content (AvgIpc) is 3.03. The lowest BCUT2D eigenvalue weighted by Crippen LogP contribution is -2.51. The van der Waals surface area contributed by atoms with Crippen LogP contribution >= 0.6 is 11.3 Å². The predicted molar refractivity (Wildman–Crippen MR) is 93.9 cm³/mol. The maximum absolute atomic E-state index is 13.1. The van der Waals surface area contributed by atoms with Gasteiger partial charge < -0.3 is 9.64 Å². The second-order valence-corrected chi connectivity index (χ2v) is 7.54. The van der Waals surface area contributed by atoms with Crippen LogP contribution < -0.4 is 4.74 Å². The first kappa shape index (κ1) is 17.0. The third-order valence-corrected chi connectivity index (χ3v) is 5.44. The highest BCUT2D eigenvalue weighted by molar-refractivity contribution is 7.10. The van der Waals surface area contributed by atoms with Crippen molar-refractivity contribution in [2.45, 2.75) is 45.3 Å². The SMILES string of the molecule is CCC1c2ccsc2CCN1C(=O)C(C)(C)Oc1ccc(F)cc1. The molecule has 3 rings (SSSR count). The highest BCUT2D eigenvalue weighted by Crippen LogP contribution is 2.36. The number of halogens is 1.